The summed E-state index contributed by atoms with van der Waals surface area (Å²) in [5.74, 6) is 1.69. The maximum atomic E-state index is 12.2. The molecule has 2 aromatic rings. The Bertz CT molecular complexity index is 908. The van der Waals surface area contributed by atoms with Gasteiger partial charge in [-0.1, -0.05) is 13.8 Å². The van der Waals surface area contributed by atoms with E-state index in [0.29, 0.717) is 49.2 Å². The number of nitrogens with one attached hydrogen (secondary N) is 1. The predicted molar refractivity (Wildman–Crippen MR) is 112 cm³/mol. The third-order valence-corrected chi connectivity index (χ3v) is 5.03. The molecular formula is C21H29N5O3. The number of anilines is 1. The van der Waals surface area contributed by atoms with E-state index < -0.39 is 0 Å². The summed E-state index contributed by atoms with van der Waals surface area (Å²) >= 11 is 0. The Labute approximate surface area is 170 Å². The lowest BCUT2D eigenvalue weighted by Gasteiger charge is -2.23. The van der Waals surface area contributed by atoms with Gasteiger partial charge in [0.25, 0.3) is 5.56 Å². The monoisotopic (exact) mass is 399 g/mol. The molecule has 1 aliphatic rings. The van der Waals surface area contributed by atoms with Crippen LogP contribution in [0.3, 0.4) is 0 Å². The average molecular weight is 399 g/mol. The summed E-state index contributed by atoms with van der Waals surface area (Å²) < 4.78 is 5.35. The fourth-order valence-electron chi connectivity index (χ4n) is 3.15. The maximum absolute atomic E-state index is 12.2. The summed E-state index contributed by atoms with van der Waals surface area (Å²) in [4.78, 5) is 39.9. The van der Waals surface area contributed by atoms with Crippen LogP contribution in [0.4, 0.5) is 10.6 Å². The first-order valence-corrected chi connectivity index (χ1v) is 10.1. The molecule has 0 atom stereocenters. The highest BCUT2D eigenvalue weighted by Crippen LogP contribution is 2.19. The number of aromatic nitrogens is 3. The van der Waals surface area contributed by atoms with E-state index in [9.17, 15) is 9.59 Å². The van der Waals surface area contributed by atoms with Crippen molar-refractivity contribution < 1.29 is 9.53 Å². The normalized spacial score (nSPS) is 14.8. The first kappa shape index (κ1) is 20.8. The first-order chi connectivity index (χ1) is 13.8. The molecule has 1 N–H and O–H groups in total. The number of carbonyl (C=O) groups is 1. The van der Waals surface area contributed by atoms with Crippen molar-refractivity contribution in [2.24, 2.45) is 5.92 Å². The molecule has 0 spiro atoms. The van der Waals surface area contributed by atoms with E-state index >= 15 is 0 Å². The minimum atomic E-state index is -0.242. The van der Waals surface area contributed by atoms with E-state index in [4.69, 9.17) is 4.74 Å². The Hall–Kier alpha value is -2.90. The lowest BCUT2D eigenvalue weighted by Crippen LogP contribution is -2.36. The topological polar surface area (TPSA) is 91.4 Å². The third-order valence-electron chi connectivity index (χ3n) is 5.03. The molecule has 1 fully saturated rings. The Kier molecular flexibility index (Phi) is 6.51. The van der Waals surface area contributed by atoms with Crippen LogP contribution in [0.25, 0.3) is 11.4 Å². The van der Waals surface area contributed by atoms with Crippen molar-refractivity contribution in [3.05, 3.63) is 39.9 Å². The molecule has 29 heavy (non-hydrogen) atoms. The van der Waals surface area contributed by atoms with Crippen LogP contribution in [0.2, 0.25) is 0 Å². The van der Waals surface area contributed by atoms with Crippen molar-refractivity contribution in [3.8, 4) is 11.4 Å². The van der Waals surface area contributed by atoms with E-state index in [1.165, 1.54) is 0 Å². The van der Waals surface area contributed by atoms with Crippen molar-refractivity contribution in [1.82, 2.24) is 19.9 Å². The molecule has 0 unspecified atom stereocenters. The molecule has 1 amide bonds. The van der Waals surface area contributed by atoms with E-state index in [2.05, 4.69) is 19.9 Å². The van der Waals surface area contributed by atoms with Crippen molar-refractivity contribution in [3.63, 3.8) is 0 Å². The van der Waals surface area contributed by atoms with Gasteiger partial charge in [0.1, 0.15) is 11.6 Å². The van der Waals surface area contributed by atoms with Gasteiger partial charge in [-0.2, -0.15) is 0 Å². The van der Waals surface area contributed by atoms with Crippen molar-refractivity contribution in [2.45, 2.75) is 34.1 Å². The lowest BCUT2D eigenvalue weighted by atomic mass is 10.2. The van der Waals surface area contributed by atoms with Crippen molar-refractivity contribution in [1.29, 1.82) is 0 Å². The van der Waals surface area contributed by atoms with Gasteiger partial charge in [-0.05, 0) is 38.3 Å². The summed E-state index contributed by atoms with van der Waals surface area (Å²) in [5, 5.41) is 0. The molecule has 8 nitrogen and oxygen atoms in total. The minimum absolute atomic E-state index is 0.131. The number of ether oxygens (including phenoxy) is 1. The standard InChI is InChI=1S/C21H29N5O3/c1-14(2)13-29-21(28)26-9-5-8-25(10-11-26)18-7-6-17(12-22-18)19-23-16(4)15(3)20(27)24-19/h6-7,12,14H,5,8-11,13H2,1-4H3,(H,23,24,27). The second kappa shape index (κ2) is 9.07. The summed E-state index contributed by atoms with van der Waals surface area (Å²) in [6.45, 7) is 10.9. The van der Waals surface area contributed by atoms with Gasteiger partial charge in [0.2, 0.25) is 0 Å². The molecule has 0 bridgehead atoms. The summed E-state index contributed by atoms with van der Waals surface area (Å²) in [6.07, 6.45) is 2.34. The number of nitrogens with zero attached hydrogens (tertiary/aromatic N) is 4. The number of aromatic amines is 1. The highest BCUT2D eigenvalue weighted by atomic mass is 16.6. The number of hydrogen-bond donors (Lipinski definition) is 1. The van der Waals surface area contributed by atoms with E-state index in [1.54, 1.807) is 18.0 Å². The van der Waals surface area contributed by atoms with Gasteiger partial charge in [0, 0.05) is 49.2 Å². The van der Waals surface area contributed by atoms with Gasteiger partial charge in [-0.25, -0.2) is 14.8 Å². The van der Waals surface area contributed by atoms with Crippen LogP contribution >= 0.6 is 0 Å². The lowest BCUT2D eigenvalue weighted by molar-refractivity contribution is 0.0943. The molecule has 8 heteroatoms. The van der Waals surface area contributed by atoms with Crippen LogP contribution in [0.15, 0.2) is 23.1 Å². The smallest absolute Gasteiger partial charge is 0.409 e. The van der Waals surface area contributed by atoms with Crippen LogP contribution in [-0.4, -0.2) is 58.7 Å². The molecule has 2 aromatic heterocycles. The zero-order chi connectivity index (χ0) is 21.0. The van der Waals surface area contributed by atoms with E-state index in [1.807, 2.05) is 32.9 Å². The molecule has 0 aliphatic carbocycles. The minimum Gasteiger partial charge on any atom is -0.449 e. The summed E-state index contributed by atoms with van der Waals surface area (Å²) in [7, 11) is 0. The number of rotatable bonds is 4. The zero-order valence-corrected chi connectivity index (χ0v) is 17.6. The van der Waals surface area contributed by atoms with Gasteiger partial charge < -0.3 is 19.5 Å². The Morgan fingerprint density at radius 2 is 2.00 bits per heavy atom. The summed E-state index contributed by atoms with van der Waals surface area (Å²) in [6, 6.07) is 3.84. The number of pyridine rings is 1. The number of amides is 1. The maximum Gasteiger partial charge on any atom is 0.409 e. The Morgan fingerprint density at radius 1 is 1.21 bits per heavy atom. The van der Waals surface area contributed by atoms with Crippen LogP contribution in [0, 0.1) is 19.8 Å². The zero-order valence-electron chi connectivity index (χ0n) is 17.6. The van der Waals surface area contributed by atoms with Crippen LogP contribution < -0.4 is 10.5 Å². The van der Waals surface area contributed by atoms with E-state index in [-0.39, 0.29) is 11.7 Å². The SMILES string of the molecule is Cc1nc(-c2ccc(N3CCCN(C(=O)OCC(C)C)CC3)nc2)[nH]c(=O)c1C. The highest BCUT2D eigenvalue weighted by molar-refractivity contribution is 5.67. The second-order valence-electron chi connectivity index (χ2n) is 7.83. The Balaban J connectivity index is 1.66. The predicted octanol–water partition coefficient (Wildman–Crippen LogP) is 2.75. The molecule has 1 saturated heterocycles. The molecule has 0 aromatic carbocycles. The van der Waals surface area contributed by atoms with Gasteiger partial charge in [-0.3, -0.25) is 4.79 Å². The Morgan fingerprint density at radius 3 is 2.66 bits per heavy atom. The van der Waals surface area contributed by atoms with Gasteiger partial charge in [0.05, 0.1) is 6.61 Å². The second-order valence-corrected chi connectivity index (χ2v) is 7.83. The molecule has 0 radical (unpaired) electrons. The fourth-order valence-corrected chi connectivity index (χ4v) is 3.15. The van der Waals surface area contributed by atoms with Crippen LogP contribution in [-0.2, 0) is 4.74 Å². The number of aryl methyl sites for hydroxylation is 1. The highest BCUT2D eigenvalue weighted by Gasteiger charge is 2.21. The van der Waals surface area contributed by atoms with Crippen molar-refractivity contribution >= 4 is 11.9 Å². The molecule has 3 heterocycles. The van der Waals surface area contributed by atoms with E-state index in [0.717, 1.165) is 24.3 Å². The number of H-pyrrole nitrogens is 1. The van der Waals surface area contributed by atoms with Crippen LogP contribution in [0.5, 0.6) is 0 Å². The van der Waals surface area contributed by atoms with Crippen LogP contribution in [0.1, 0.15) is 31.5 Å². The molecule has 3 rings (SSSR count). The molecular weight excluding hydrogens is 370 g/mol. The third kappa shape index (κ3) is 5.13. The van der Waals surface area contributed by atoms with Gasteiger partial charge in [0.15, 0.2) is 0 Å². The fraction of sp³-hybridized carbons (Fsp3) is 0.524. The molecule has 1 aliphatic heterocycles. The average Bonchev–Trinajstić information content (AvgIpc) is 2.96. The van der Waals surface area contributed by atoms with Gasteiger partial charge in [-0.15, -0.1) is 0 Å². The first-order valence-electron chi connectivity index (χ1n) is 10.1. The molecule has 0 saturated carbocycles. The number of hydrogen-bond acceptors (Lipinski definition) is 6. The largest absolute Gasteiger partial charge is 0.449 e. The van der Waals surface area contributed by atoms with Crippen molar-refractivity contribution in [2.75, 3.05) is 37.7 Å². The number of carbonyl (C=O) groups excluding carboxylic acids is 1. The van der Waals surface area contributed by atoms with Gasteiger partial charge >= 0.3 is 6.09 Å². The summed E-state index contributed by atoms with van der Waals surface area (Å²) in [5.41, 5.74) is 1.97. The molecule has 156 valence electrons. The quantitative estimate of drug-likeness (QED) is 0.850.